The van der Waals surface area contributed by atoms with Crippen LogP contribution in [0.5, 0.6) is 0 Å². The molecule has 1 unspecified atom stereocenters. The van der Waals surface area contributed by atoms with Crippen molar-refractivity contribution in [1.29, 1.82) is 0 Å². The quantitative estimate of drug-likeness (QED) is 0.885. The van der Waals surface area contributed by atoms with Gasteiger partial charge >= 0.3 is 0 Å². The van der Waals surface area contributed by atoms with E-state index in [0.717, 1.165) is 0 Å². The van der Waals surface area contributed by atoms with E-state index in [0.29, 0.717) is 11.5 Å². The van der Waals surface area contributed by atoms with Crippen molar-refractivity contribution >= 4 is 23.1 Å². The minimum atomic E-state index is -0.236. The first-order valence-corrected chi connectivity index (χ1v) is 6.49. The lowest BCUT2D eigenvalue weighted by Gasteiger charge is -2.12. The average molecular weight is 262 g/mol. The predicted molar refractivity (Wildman–Crippen MR) is 71.8 cm³/mol. The van der Waals surface area contributed by atoms with E-state index in [1.165, 1.54) is 5.56 Å². The summed E-state index contributed by atoms with van der Waals surface area (Å²) in [5, 5.41) is 17.7. The maximum atomic E-state index is 11.3. The number of anilines is 1. The molecule has 0 aromatic carbocycles. The molecular formula is C12H14N4OS. The fourth-order valence-electron chi connectivity index (χ4n) is 1.48. The number of amides is 1. The van der Waals surface area contributed by atoms with E-state index in [-0.39, 0.29) is 11.9 Å². The van der Waals surface area contributed by atoms with E-state index >= 15 is 0 Å². The van der Waals surface area contributed by atoms with Crippen LogP contribution in [0.15, 0.2) is 29.0 Å². The molecular weight excluding hydrogens is 248 g/mol. The number of rotatable bonds is 4. The van der Waals surface area contributed by atoms with Crippen molar-refractivity contribution in [2.24, 2.45) is 0 Å². The van der Waals surface area contributed by atoms with Crippen LogP contribution in [0.25, 0.3) is 0 Å². The molecule has 2 N–H and O–H groups in total. The highest BCUT2D eigenvalue weighted by atomic mass is 32.1. The van der Waals surface area contributed by atoms with E-state index in [1.807, 2.05) is 5.38 Å². The van der Waals surface area contributed by atoms with Crippen LogP contribution in [-0.2, 0) is 0 Å². The molecule has 0 aliphatic carbocycles. The Bertz CT molecular complexity index is 509. The highest BCUT2D eigenvalue weighted by Crippen LogP contribution is 2.19. The smallest absolute Gasteiger partial charge is 0.271 e. The predicted octanol–water partition coefficient (Wildman–Crippen LogP) is 2.07. The number of carbonyl (C=O) groups is 1. The molecule has 0 aliphatic rings. The third-order valence-electron chi connectivity index (χ3n) is 2.53. The summed E-state index contributed by atoms with van der Waals surface area (Å²) >= 11 is 1.66. The lowest BCUT2D eigenvalue weighted by molar-refractivity contribution is 0.0957. The van der Waals surface area contributed by atoms with Gasteiger partial charge in [0.2, 0.25) is 0 Å². The average Bonchev–Trinajstić information content (AvgIpc) is 2.92. The highest BCUT2D eigenvalue weighted by molar-refractivity contribution is 7.07. The molecule has 2 rings (SSSR count). The zero-order valence-electron chi connectivity index (χ0n) is 10.2. The molecule has 18 heavy (non-hydrogen) atoms. The van der Waals surface area contributed by atoms with Gasteiger partial charge in [0.15, 0.2) is 5.69 Å². The van der Waals surface area contributed by atoms with E-state index < -0.39 is 0 Å². The largest absolute Gasteiger partial charge is 0.362 e. The molecule has 0 spiro atoms. The number of hydrogen-bond acceptors (Lipinski definition) is 5. The molecule has 5 nitrogen and oxygen atoms in total. The number of nitrogens with one attached hydrogen (secondary N) is 2. The Morgan fingerprint density at radius 1 is 1.33 bits per heavy atom. The molecule has 0 bridgehead atoms. The fourth-order valence-corrected chi connectivity index (χ4v) is 2.24. The van der Waals surface area contributed by atoms with Crippen molar-refractivity contribution in [3.05, 3.63) is 40.2 Å². The van der Waals surface area contributed by atoms with Crippen LogP contribution < -0.4 is 10.6 Å². The molecule has 6 heteroatoms. The molecule has 0 saturated carbocycles. The van der Waals surface area contributed by atoms with Crippen LogP contribution in [0, 0.1) is 0 Å². The molecule has 2 heterocycles. The first kappa shape index (κ1) is 12.5. The van der Waals surface area contributed by atoms with Gasteiger partial charge in [-0.1, -0.05) is 0 Å². The topological polar surface area (TPSA) is 66.9 Å². The van der Waals surface area contributed by atoms with Gasteiger partial charge in [-0.2, -0.15) is 11.3 Å². The standard InChI is InChI=1S/C12H14N4OS/c1-8(9-5-6-18-7-9)14-11-4-3-10(15-16-11)12(17)13-2/h3-8H,1-2H3,(H,13,17)(H,14,16). The normalized spacial score (nSPS) is 11.9. The van der Waals surface area contributed by atoms with E-state index in [9.17, 15) is 4.79 Å². The van der Waals surface area contributed by atoms with Crippen molar-refractivity contribution in [2.75, 3.05) is 12.4 Å². The SMILES string of the molecule is CNC(=O)c1ccc(NC(C)c2ccsc2)nn1. The molecule has 2 aromatic heterocycles. The lowest BCUT2D eigenvalue weighted by atomic mass is 10.2. The van der Waals surface area contributed by atoms with Crippen molar-refractivity contribution < 1.29 is 4.79 Å². The monoisotopic (exact) mass is 262 g/mol. The molecule has 0 aliphatic heterocycles. The lowest BCUT2D eigenvalue weighted by Crippen LogP contribution is -2.20. The van der Waals surface area contributed by atoms with Gasteiger partial charge in [-0.15, -0.1) is 10.2 Å². The van der Waals surface area contributed by atoms with Gasteiger partial charge in [-0.25, -0.2) is 0 Å². The summed E-state index contributed by atoms with van der Waals surface area (Å²) in [6.07, 6.45) is 0. The summed E-state index contributed by atoms with van der Waals surface area (Å²) in [4.78, 5) is 11.3. The molecule has 1 atom stereocenters. The van der Waals surface area contributed by atoms with Gasteiger partial charge in [0.05, 0.1) is 6.04 Å². The van der Waals surface area contributed by atoms with Crippen molar-refractivity contribution in [3.63, 3.8) is 0 Å². The van der Waals surface area contributed by atoms with Crippen LogP contribution in [0.4, 0.5) is 5.82 Å². The fraction of sp³-hybridized carbons (Fsp3) is 0.250. The highest BCUT2D eigenvalue weighted by Gasteiger charge is 2.08. The van der Waals surface area contributed by atoms with Gasteiger partial charge in [0, 0.05) is 7.05 Å². The van der Waals surface area contributed by atoms with Crippen LogP contribution >= 0.6 is 11.3 Å². The Labute approximate surface area is 109 Å². The molecule has 1 amide bonds. The van der Waals surface area contributed by atoms with Gasteiger partial charge in [-0.05, 0) is 41.4 Å². The summed E-state index contributed by atoms with van der Waals surface area (Å²) in [7, 11) is 1.56. The Kier molecular flexibility index (Phi) is 3.88. The second-order valence-electron chi connectivity index (χ2n) is 3.81. The van der Waals surface area contributed by atoms with E-state index in [1.54, 1.807) is 30.5 Å². The molecule has 0 saturated heterocycles. The number of carbonyl (C=O) groups excluding carboxylic acids is 1. The maximum absolute atomic E-state index is 11.3. The summed E-state index contributed by atoms with van der Waals surface area (Å²) in [5.74, 6) is 0.418. The first-order valence-electron chi connectivity index (χ1n) is 5.55. The maximum Gasteiger partial charge on any atom is 0.271 e. The third-order valence-corrected chi connectivity index (χ3v) is 3.23. The number of aromatic nitrogens is 2. The van der Waals surface area contributed by atoms with Gasteiger partial charge in [0.25, 0.3) is 5.91 Å². The van der Waals surface area contributed by atoms with E-state index in [2.05, 4.69) is 39.2 Å². The Balaban J connectivity index is 2.04. The third kappa shape index (κ3) is 2.84. The second-order valence-corrected chi connectivity index (χ2v) is 4.59. The van der Waals surface area contributed by atoms with Gasteiger partial charge in [-0.3, -0.25) is 4.79 Å². The summed E-state index contributed by atoms with van der Waals surface area (Å²) in [6.45, 7) is 2.05. The number of thiophene rings is 1. The van der Waals surface area contributed by atoms with Crippen molar-refractivity contribution in [3.8, 4) is 0 Å². The Hall–Kier alpha value is -1.95. The zero-order chi connectivity index (χ0) is 13.0. The van der Waals surface area contributed by atoms with Crippen molar-refractivity contribution in [2.45, 2.75) is 13.0 Å². The summed E-state index contributed by atoms with van der Waals surface area (Å²) in [5.41, 5.74) is 1.52. The molecule has 94 valence electrons. The minimum Gasteiger partial charge on any atom is -0.362 e. The van der Waals surface area contributed by atoms with Crippen LogP contribution in [0.2, 0.25) is 0 Å². The Morgan fingerprint density at radius 3 is 2.72 bits per heavy atom. The number of hydrogen-bond donors (Lipinski definition) is 2. The van der Waals surface area contributed by atoms with Crippen LogP contribution in [-0.4, -0.2) is 23.2 Å². The van der Waals surface area contributed by atoms with Gasteiger partial charge < -0.3 is 10.6 Å². The zero-order valence-corrected chi connectivity index (χ0v) is 11.0. The summed E-state index contributed by atoms with van der Waals surface area (Å²) in [6, 6.07) is 5.63. The van der Waals surface area contributed by atoms with Crippen molar-refractivity contribution in [1.82, 2.24) is 15.5 Å². The van der Waals surface area contributed by atoms with E-state index in [4.69, 9.17) is 0 Å². The molecule has 0 radical (unpaired) electrons. The minimum absolute atomic E-state index is 0.163. The van der Waals surface area contributed by atoms with Crippen LogP contribution in [0.3, 0.4) is 0 Å². The summed E-state index contributed by atoms with van der Waals surface area (Å²) < 4.78 is 0. The molecule has 2 aromatic rings. The first-order chi connectivity index (χ1) is 8.70. The molecule has 0 fully saturated rings. The van der Waals surface area contributed by atoms with Gasteiger partial charge in [0.1, 0.15) is 5.82 Å². The second kappa shape index (κ2) is 5.59. The van der Waals surface area contributed by atoms with Crippen LogP contribution in [0.1, 0.15) is 29.0 Å². The number of nitrogens with zero attached hydrogens (tertiary/aromatic N) is 2. The Morgan fingerprint density at radius 2 is 2.17 bits per heavy atom.